The molecule has 2 aromatic rings. The zero-order chi connectivity index (χ0) is 21.6. The normalized spacial score (nSPS) is 12.8. The number of ether oxygens (including phenoxy) is 2. The Hall–Kier alpha value is -2.73. The number of methoxy groups -OCH3 is 2. The Kier molecular flexibility index (Phi) is 7.91. The van der Waals surface area contributed by atoms with Gasteiger partial charge in [0.15, 0.2) is 0 Å². The van der Waals surface area contributed by atoms with Crippen LogP contribution in [0.15, 0.2) is 42.5 Å². The number of benzene rings is 2. The lowest BCUT2D eigenvalue weighted by atomic mass is 10.0. The first-order valence-corrected chi connectivity index (χ1v) is 9.72. The van der Waals surface area contributed by atoms with E-state index in [2.05, 4.69) is 10.6 Å². The number of amides is 2. The van der Waals surface area contributed by atoms with E-state index in [1.807, 2.05) is 32.9 Å². The lowest BCUT2D eigenvalue weighted by Gasteiger charge is -2.24. The Labute approximate surface area is 176 Å². The maximum atomic E-state index is 12.8. The predicted molar refractivity (Wildman–Crippen MR) is 114 cm³/mol. The third-order valence-electron chi connectivity index (χ3n) is 4.58. The number of nitrogens with one attached hydrogen (secondary N) is 2. The molecule has 2 amide bonds. The molecule has 0 saturated carbocycles. The standard InChI is InChI=1S/C22H27ClN2O4/c1-13(2)20(22(27)24-14(3)15-6-8-17(23)9-7-15)25-21(26)16-10-18(28-4)12-19(11-16)29-5/h6-14,20H,1-5H3,(H,24,27)(H,25,26). The van der Waals surface area contributed by atoms with Gasteiger partial charge in [-0.15, -0.1) is 0 Å². The molecule has 6 nitrogen and oxygen atoms in total. The van der Waals surface area contributed by atoms with E-state index in [0.29, 0.717) is 22.1 Å². The van der Waals surface area contributed by atoms with Gasteiger partial charge in [0.1, 0.15) is 17.5 Å². The largest absolute Gasteiger partial charge is 0.497 e. The van der Waals surface area contributed by atoms with Gasteiger partial charge in [0.25, 0.3) is 5.91 Å². The van der Waals surface area contributed by atoms with Crippen LogP contribution in [0.4, 0.5) is 0 Å². The van der Waals surface area contributed by atoms with Crippen molar-refractivity contribution < 1.29 is 19.1 Å². The van der Waals surface area contributed by atoms with Crippen LogP contribution in [0, 0.1) is 5.92 Å². The summed E-state index contributed by atoms with van der Waals surface area (Å²) in [5, 5.41) is 6.40. The fraction of sp³-hybridized carbons (Fsp3) is 0.364. The van der Waals surface area contributed by atoms with Crippen LogP contribution in [0.25, 0.3) is 0 Å². The first kappa shape index (κ1) is 22.6. The molecule has 0 fully saturated rings. The van der Waals surface area contributed by atoms with Crippen LogP contribution in [0.1, 0.15) is 42.7 Å². The summed E-state index contributed by atoms with van der Waals surface area (Å²) in [6.45, 7) is 5.64. The summed E-state index contributed by atoms with van der Waals surface area (Å²) in [6.07, 6.45) is 0. The molecule has 29 heavy (non-hydrogen) atoms. The van der Waals surface area contributed by atoms with Crippen LogP contribution in [0.5, 0.6) is 11.5 Å². The quantitative estimate of drug-likeness (QED) is 0.679. The van der Waals surface area contributed by atoms with Crippen molar-refractivity contribution in [3.05, 3.63) is 58.6 Å². The minimum Gasteiger partial charge on any atom is -0.497 e. The van der Waals surface area contributed by atoms with Crippen molar-refractivity contribution >= 4 is 23.4 Å². The minimum absolute atomic E-state index is 0.108. The number of carbonyl (C=O) groups excluding carboxylic acids is 2. The molecular weight excluding hydrogens is 392 g/mol. The molecule has 0 heterocycles. The van der Waals surface area contributed by atoms with Crippen LogP contribution in [0.2, 0.25) is 5.02 Å². The summed E-state index contributed by atoms with van der Waals surface area (Å²) in [7, 11) is 3.03. The summed E-state index contributed by atoms with van der Waals surface area (Å²) < 4.78 is 10.4. The lowest BCUT2D eigenvalue weighted by Crippen LogP contribution is -2.50. The van der Waals surface area contributed by atoms with E-state index < -0.39 is 6.04 Å². The average molecular weight is 419 g/mol. The van der Waals surface area contributed by atoms with Crippen molar-refractivity contribution in [2.75, 3.05) is 14.2 Å². The molecule has 0 saturated heterocycles. The Bertz CT molecular complexity index is 830. The van der Waals surface area contributed by atoms with Gasteiger partial charge in [0, 0.05) is 16.7 Å². The number of hydrogen-bond acceptors (Lipinski definition) is 4. The van der Waals surface area contributed by atoms with Gasteiger partial charge in [-0.2, -0.15) is 0 Å². The van der Waals surface area contributed by atoms with Gasteiger partial charge in [0.05, 0.1) is 20.3 Å². The zero-order valence-electron chi connectivity index (χ0n) is 17.3. The van der Waals surface area contributed by atoms with Crippen LogP contribution in [0.3, 0.4) is 0 Å². The number of rotatable bonds is 8. The molecule has 2 atom stereocenters. The zero-order valence-corrected chi connectivity index (χ0v) is 18.0. The van der Waals surface area contributed by atoms with E-state index in [4.69, 9.17) is 21.1 Å². The second-order valence-corrected chi connectivity index (χ2v) is 7.51. The van der Waals surface area contributed by atoms with Crippen molar-refractivity contribution in [2.45, 2.75) is 32.9 Å². The molecule has 0 aliphatic rings. The summed E-state index contributed by atoms with van der Waals surface area (Å²) in [5.41, 5.74) is 1.28. The molecule has 0 bridgehead atoms. The Balaban J connectivity index is 2.13. The van der Waals surface area contributed by atoms with Gasteiger partial charge in [-0.05, 0) is 42.7 Å². The highest BCUT2D eigenvalue weighted by Gasteiger charge is 2.26. The molecule has 0 spiro atoms. The number of carbonyl (C=O) groups is 2. The Morgan fingerprint density at radius 1 is 0.897 bits per heavy atom. The summed E-state index contributed by atoms with van der Waals surface area (Å²) in [6, 6.07) is 11.2. The third kappa shape index (κ3) is 6.12. The predicted octanol–water partition coefficient (Wildman–Crippen LogP) is 3.99. The van der Waals surface area contributed by atoms with Crippen LogP contribution < -0.4 is 20.1 Å². The van der Waals surface area contributed by atoms with Crippen LogP contribution >= 0.6 is 11.6 Å². The van der Waals surface area contributed by atoms with Gasteiger partial charge in [-0.1, -0.05) is 37.6 Å². The van der Waals surface area contributed by atoms with Crippen molar-refractivity contribution in [1.82, 2.24) is 10.6 Å². The minimum atomic E-state index is -0.700. The van der Waals surface area contributed by atoms with Crippen LogP contribution in [-0.2, 0) is 4.79 Å². The van der Waals surface area contributed by atoms with Crippen molar-refractivity contribution in [1.29, 1.82) is 0 Å². The fourth-order valence-corrected chi connectivity index (χ4v) is 2.96. The third-order valence-corrected chi connectivity index (χ3v) is 4.83. The molecule has 7 heteroatoms. The van der Waals surface area contributed by atoms with E-state index in [0.717, 1.165) is 5.56 Å². The highest BCUT2D eigenvalue weighted by Crippen LogP contribution is 2.23. The molecule has 2 rings (SSSR count). The van der Waals surface area contributed by atoms with E-state index in [1.165, 1.54) is 14.2 Å². The average Bonchev–Trinajstić information content (AvgIpc) is 2.71. The van der Waals surface area contributed by atoms with Crippen LogP contribution in [-0.4, -0.2) is 32.1 Å². The number of hydrogen-bond donors (Lipinski definition) is 2. The monoisotopic (exact) mass is 418 g/mol. The second-order valence-electron chi connectivity index (χ2n) is 7.08. The summed E-state index contributed by atoms with van der Waals surface area (Å²) in [5.74, 6) is 0.248. The summed E-state index contributed by atoms with van der Waals surface area (Å²) >= 11 is 5.92. The smallest absolute Gasteiger partial charge is 0.252 e. The topological polar surface area (TPSA) is 76.7 Å². The van der Waals surface area contributed by atoms with Crippen molar-refractivity contribution in [2.24, 2.45) is 5.92 Å². The van der Waals surface area contributed by atoms with Crippen molar-refractivity contribution in [3.8, 4) is 11.5 Å². The molecule has 2 N–H and O–H groups in total. The highest BCUT2D eigenvalue weighted by atomic mass is 35.5. The van der Waals surface area contributed by atoms with Gasteiger partial charge >= 0.3 is 0 Å². The SMILES string of the molecule is COc1cc(OC)cc(C(=O)NC(C(=O)NC(C)c2ccc(Cl)cc2)C(C)C)c1. The lowest BCUT2D eigenvalue weighted by molar-refractivity contribution is -0.124. The van der Waals surface area contributed by atoms with Gasteiger partial charge in [0.2, 0.25) is 5.91 Å². The molecular formula is C22H27ClN2O4. The van der Waals surface area contributed by atoms with Gasteiger partial charge in [-0.3, -0.25) is 9.59 Å². The Morgan fingerprint density at radius 2 is 1.45 bits per heavy atom. The molecule has 156 valence electrons. The van der Waals surface area contributed by atoms with Gasteiger partial charge < -0.3 is 20.1 Å². The molecule has 2 unspecified atom stereocenters. The molecule has 0 aromatic heterocycles. The first-order valence-electron chi connectivity index (χ1n) is 9.35. The molecule has 2 aromatic carbocycles. The van der Waals surface area contributed by atoms with E-state index in [9.17, 15) is 9.59 Å². The Morgan fingerprint density at radius 3 is 1.93 bits per heavy atom. The summed E-state index contributed by atoms with van der Waals surface area (Å²) in [4.78, 5) is 25.6. The first-order chi connectivity index (χ1) is 13.7. The fourth-order valence-electron chi connectivity index (χ4n) is 2.84. The molecule has 0 aliphatic carbocycles. The van der Waals surface area contributed by atoms with E-state index >= 15 is 0 Å². The van der Waals surface area contributed by atoms with E-state index in [-0.39, 0.29) is 23.8 Å². The van der Waals surface area contributed by atoms with E-state index in [1.54, 1.807) is 30.3 Å². The maximum Gasteiger partial charge on any atom is 0.252 e. The van der Waals surface area contributed by atoms with Crippen molar-refractivity contribution in [3.63, 3.8) is 0 Å². The molecule has 0 radical (unpaired) electrons. The van der Waals surface area contributed by atoms with Gasteiger partial charge in [-0.25, -0.2) is 0 Å². The molecule has 0 aliphatic heterocycles. The second kappa shape index (κ2) is 10.2. The number of halogens is 1. The maximum absolute atomic E-state index is 12.8. The highest BCUT2D eigenvalue weighted by molar-refractivity contribution is 6.30.